The number of hydrogen-bond acceptors (Lipinski definition) is 2. The van der Waals surface area contributed by atoms with E-state index in [0.717, 1.165) is 30.9 Å². The second-order valence-corrected chi connectivity index (χ2v) is 7.46. The van der Waals surface area contributed by atoms with Gasteiger partial charge in [0, 0.05) is 19.6 Å². The maximum atomic E-state index is 13.6. The molecule has 144 valence electrons. The Kier molecular flexibility index (Phi) is 6.22. The van der Waals surface area contributed by atoms with Crippen molar-refractivity contribution in [3.63, 3.8) is 0 Å². The van der Waals surface area contributed by atoms with Crippen molar-refractivity contribution in [3.05, 3.63) is 70.8 Å². The van der Waals surface area contributed by atoms with Gasteiger partial charge < -0.3 is 9.80 Å². The van der Waals surface area contributed by atoms with E-state index >= 15 is 0 Å². The zero-order valence-electron chi connectivity index (χ0n) is 15.9. The first kappa shape index (κ1) is 19.5. The maximum absolute atomic E-state index is 13.6. The van der Waals surface area contributed by atoms with Crippen molar-refractivity contribution in [1.29, 1.82) is 0 Å². The van der Waals surface area contributed by atoms with Crippen molar-refractivity contribution >= 4 is 5.91 Å². The minimum absolute atomic E-state index is 0.0636. The van der Waals surface area contributed by atoms with Crippen LogP contribution in [0, 0.1) is 11.6 Å². The van der Waals surface area contributed by atoms with Crippen LogP contribution in [0.2, 0.25) is 0 Å². The van der Waals surface area contributed by atoms with Gasteiger partial charge in [0.2, 0.25) is 5.91 Å². The Morgan fingerprint density at radius 3 is 2.59 bits per heavy atom. The molecule has 1 atom stereocenters. The van der Waals surface area contributed by atoms with Crippen LogP contribution in [-0.2, 0) is 17.8 Å². The van der Waals surface area contributed by atoms with Crippen LogP contribution >= 0.6 is 0 Å². The first-order valence-electron chi connectivity index (χ1n) is 9.41. The van der Waals surface area contributed by atoms with E-state index in [0.29, 0.717) is 18.7 Å². The molecule has 3 rings (SSSR count). The Morgan fingerprint density at radius 1 is 1.07 bits per heavy atom. The largest absolute Gasteiger partial charge is 0.337 e. The van der Waals surface area contributed by atoms with E-state index in [-0.39, 0.29) is 18.4 Å². The number of carbonyl (C=O) groups excluding carboxylic acids is 1. The van der Waals surface area contributed by atoms with Crippen molar-refractivity contribution in [1.82, 2.24) is 9.80 Å². The average Bonchev–Trinajstić information content (AvgIpc) is 2.66. The van der Waals surface area contributed by atoms with Crippen LogP contribution in [0.25, 0.3) is 0 Å². The van der Waals surface area contributed by atoms with Gasteiger partial charge in [-0.3, -0.25) is 4.79 Å². The third kappa shape index (κ3) is 4.72. The minimum atomic E-state index is -0.879. The second-order valence-electron chi connectivity index (χ2n) is 7.46. The first-order valence-corrected chi connectivity index (χ1v) is 9.41. The minimum Gasteiger partial charge on any atom is -0.337 e. The van der Waals surface area contributed by atoms with E-state index in [1.807, 2.05) is 37.2 Å². The van der Waals surface area contributed by atoms with Gasteiger partial charge in [-0.15, -0.1) is 0 Å². The van der Waals surface area contributed by atoms with E-state index in [2.05, 4.69) is 6.07 Å². The molecule has 0 spiro atoms. The first-order chi connectivity index (χ1) is 13.0. The third-order valence-corrected chi connectivity index (χ3v) is 5.15. The Bertz CT molecular complexity index is 807. The molecular formula is C22H26F2N2O. The molecule has 1 aliphatic carbocycles. The van der Waals surface area contributed by atoms with E-state index in [1.165, 1.54) is 11.6 Å². The Morgan fingerprint density at radius 2 is 1.85 bits per heavy atom. The summed E-state index contributed by atoms with van der Waals surface area (Å²) in [5.74, 6) is -1.85. The van der Waals surface area contributed by atoms with Gasteiger partial charge in [0.15, 0.2) is 11.6 Å². The summed E-state index contributed by atoms with van der Waals surface area (Å²) in [7, 11) is 3.91. The van der Waals surface area contributed by atoms with Crippen molar-refractivity contribution < 1.29 is 13.6 Å². The number of carbonyl (C=O) groups is 1. The molecule has 0 bridgehead atoms. The molecule has 27 heavy (non-hydrogen) atoms. The fraction of sp³-hybridized carbons (Fsp3) is 0.409. The lowest BCUT2D eigenvalue weighted by Crippen LogP contribution is -2.40. The topological polar surface area (TPSA) is 23.6 Å². The van der Waals surface area contributed by atoms with Crippen LogP contribution in [0.1, 0.15) is 35.4 Å². The summed E-state index contributed by atoms with van der Waals surface area (Å²) in [6.45, 7) is 1.54. The summed E-state index contributed by atoms with van der Waals surface area (Å²) in [6.07, 6.45) is 2.81. The normalized spacial score (nSPS) is 16.3. The zero-order chi connectivity index (χ0) is 19.4. The van der Waals surface area contributed by atoms with Crippen molar-refractivity contribution in [3.8, 4) is 0 Å². The number of nitrogens with zero attached hydrogens (tertiary/aromatic N) is 2. The highest BCUT2D eigenvalue weighted by atomic mass is 19.2. The van der Waals surface area contributed by atoms with Crippen LogP contribution in [0.4, 0.5) is 8.78 Å². The Hall–Kier alpha value is -2.27. The molecule has 0 heterocycles. The van der Waals surface area contributed by atoms with Gasteiger partial charge in [-0.2, -0.15) is 0 Å². The average molecular weight is 372 g/mol. The molecule has 0 radical (unpaired) electrons. The van der Waals surface area contributed by atoms with Gasteiger partial charge in [0.1, 0.15) is 0 Å². The van der Waals surface area contributed by atoms with Gasteiger partial charge in [0.25, 0.3) is 0 Å². The lowest BCUT2D eigenvalue weighted by Gasteiger charge is -2.31. The highest BCUT2D eigenvalue weighted by Gasteiger charge is 2.30. The monoisotopic (exact) mass is 372 g/mol. The van der Waals surface area contributed by atoms with Gasteiger partial charge in [0.05, 0.1) is 5.92 Å². The summed E-state index contributed by atoms with van der Waals surface area (Å²) in [5, 5.41) is 0. The fourth-order valence-electron chi connectivity index (χ4n) is 3.68. The van der Waals surface area contributed by atoms with Crippen LogP contribution in [0.3, 0.4) is 0 Å². The summed E-state index contributed by atoms with van der Waals surface area (Å²) in [5.41, 5.74) is 2.95. The Labute approximate surface area is 159 Å². The van der Waals surface area contributed by atoms with Crippen LogP contribution in [0.5, 0.6) is 0 Å². The molecule has 0 N–H and O–H groups in total. The molecular weight excluding hydrogens is 346 g/mol. The van der Waals surface area contributed by atoms with E-state index < -0.39 is 11.6 Å². The lowest BCUT2D eigenvalue weighted by molar-refractivity contribution is -0.134. The maximum Gasteiger partial charge on any atom is 0.230 e. The fourth-order valence-corrected chi connectivity index (χ4v) is 3.68. The molecule has 1 aliphatic rings. The highest BCUT2D eigenvalue weighted by molar-refractivity contribution is 5.84. The number of fused-ring (bicyclic) bond motifs is 1. The van der Waals surface area contributed by atoms with E-state index in [1.54, 1.807) is 11.0 Å². The summed E-state index contributed by atoms with van der Waals surface area (Å²) < 4.78 is 26.9. The predicted molar refractivity (Wildman–Crippen MR) is 102 cm³/mol. The number of benzene rings is 2. The molecule has 0 aliphatic heterocycles. The number of aryl methyl sites for hydroxylation is 1. The van der Waals surface area contributed by atoms with Gasteiger partial charge in [-0.25, -0.2) is 8.78 Å². The van der Waals surface area contributed by atoms with Crippen molar-refractivity contribution in [2.24, 2.45) is 0 Å². The van der Waals surface area contributed by atoms with Gasteiger partial charge in [-0.05, 0) is 62.2 Å². The molecule has 0 saturated heterocycles. The van der Waals surface area contributed by atoms with E-state index in [9.17, 15) is 13.6 Å². The Balaban J connectivity index is 1.84. The SMILES string of the molecule is CN(C)CCN(Cc1ccc(F)c(F)c1)C(=O)[C@H]1CCCc2ccccc21. The predicted octanol–water partition coefficient (Wildman–Crippen LogP) is 3.98. The summed E-state index contributed by atoms with van der Waals surface area (Å²) in [4.78, 5) is 17.2. The number of amides is 1. The molecule has 2 aromatic carbocycles. The number of likely N-dealkylation sites (N-methyl/N-ethyl adjacent to an activating group) is 1. The molecule has 5 heteroatoms. The van der Waals surface area contributed by atoms with Crippen LogP contribution in [0.15, 0.2) is 42.5 Å². The molecule has 0 aromatic heterocycles. The van der Waals surface area contributed by atoms with Crippen molar-refractivity contribution in [2.45, 2.75) is 31.7 Å². The number of hydrogen-bond donors (Lipinski definition) is 0. The van der Waals surface area contributed by atoms with Crippen LogP contribution < -0.4 is 0 Å². The van der Waals surface area contributed by atoms with Crippen LogP contribution in [-0.4, -0.2) is 42.9 Å². The van der Waals surface area contributed by atoms with Crippen molar-refractivity contribution in [2.75, 3.05) is 27.2 Å². The number of rotatable bonds is 6. The highest BCUT2D eigenvalue weighted by Crippen LogP contribution is 2.33. The summed E-state index contributed by atoms with van der Waals surface area (Å²) in [6, 6.07) is 12.0. The molecule has 0 unspecified atom stereocenters. The number of halogens is 2. The molecule has 1 amide bonds. The second kappa shape index (κ2) is 8.61. The smallest absolute Gasteiger partial charge is 0.230 e. The quantitative estimate of drug-likeness (QED) is 0.766. The molecule has 3 nitrogen and oxygen atoms in total. The van der Waals surface area contributed by atoms with Gasteiger partial charge >= 0.3 is 0 Å². The van der Waals surface area contributed by atoms with Gasteiger partial charge in [-0.1, -0.05) is 30.3 Å². The molecule has 2 aromatic rings. The standard InChI is InChI=1S/C22H26F2N2O/c1-25(2)12-13-26(15-16-10-11-20(23)21(24)14-16)22(27)19-9-5-7-17-6-3-4-8-18(17)19/h3-4,6,8,10-11,14,19H,5,7,9,12-13,15H2,1-2H3/t19-/m0/s1. The third-order valence-electron chi connectivity index (χ3n) is 5.15. The van der Waals surface area contributed by atoms with E-state index in [4.69, 9.17) is 0 Å². The zero-order valence-corrected chi connectivity index (χ0v) is 15.9. The lowest BCUT2D eigenvalue weighted by atomic mass is 9.82. The molecule has 0 saturated carbocycles. The molecule has 0 fully saturated rings. The summed E-state index contributed by atoms with van der Waals surface area (Å²) >= 11 is 0.